The van der Waals surface area contributed by atoms with Crippen molar-refractivity contribution in [3.05, 3.63) is 166 Å². The van der Waals surface area contributed by atoms with Gasteiger partial charge in [0.1, 0.15) is 12.6 Å². The normalized spacial score (nSPS) is 12.7. The average Bonchev–Trinajstić information content (AvgIpc) is 3.48. The molecule has 5 aromatic rings. The van der Waals surface area contributed by atoms with Crippen molar-refractivity contribution in [2.24, 2.45) is 0 Å². The first-order valence-electron chi connectivity index (χ1n) is 16.7. The van der Waals surface area contributed by atoms with Gasteiger partial charge >= 0.3 is 12.1 Å². The van der Waals surface area contributed by atoms with E-state index in [1.165, 1.54) is 21.6 Å². The van der Waals surface area contributed by atoms with Crippen LogP contribution in [-0.4, -0.2) is 73.1 Å². The summed E-state index contributed by atoms with van der Waals surface area (Å²) in [5, 5.41) is 0.451. The van der Waals surface area contributed by atoms with Crippen LogP contribution < -0.4 is 0 Å². The van der Waals surface area contributed by atoms with Gasteiger partial charge in [0.25, 0.3) is 0 Å². The SMILES string of the molecule is CN(C)C(=O)[C@H](CSCC(=O)OC(c1ccccc1)(c1ccccc1)c1ccccc1Cl)N(C)C(=O)OCC1c2ccccc2-c2ccccc21. The third-order valence-electron chi connectivity index (χ3n) is 9.19. The van der Waals surface area contributed by atoms with Crippen molar-refractivity contribution in [1.29, 1.82) is 0 Å². The fraction of sp³-hybridized carbons (Fsp3) is 0.214. The quantitative estimate of drug-likeness (QED) is 0.0956. The third-order valence-corrected chi connectivity index (χ3v) is 10.5. The number of halogens is 1. The molecule has 1 aliphatic rings. The predicted octanol–water partition coefficient (Wildman–Crippen LogP) is 8.25. The van der Waals surface area contributed by atoms with E-state index in [-0.39, 0.29) is 29.9 Å². The number of carbonyl (C=O) groups is 3. The number of thioether (sulfide) groups is 1. The first kappa shape index (κ1) is 35.8. The number of hydrogen-bond acceptors (Lipinski definition) is 6. The van der Waals surface area contributed by atoms with Crippen LogP contribution in [0.4, 0.5) is 4.79 Å². The molecule has 0 heterocycles. The molecule has 1 atom stereocenters. The van der Waals surface area contributed by atoms with Crippen LogP contribution in [0.2, 0.25) is 5.02 Å². The molecule has 0 saturated carbocycles. The highest BCUT2D eigenvalue weighted by molar-refractivity contribution is 8.00. The molecule has 0 aliphatic heterocycles. The van der Waals surface area contributed by atoms with Gasteiger partial charge in [-0.05, 0) is 28.3 Å². The van der Waals surface area contributed by atoms with Crippen molar-refractivity contribution in [3.63, 3.8) is 0 Å². The third kappa shape index (κ3) is 7.39. The lowest BCUT2D eigenvalue weighted by atomic mass is 9.80. The smallest absolute Gasteiger partial charge is 0.410 e. The Bertz CT molecular complexity index is 1920. The number of rotatable bonds is 12. The number of benzene rings is 5. The van der Waals surface area contributed by atoms with Crippen LogP contribution in [0.15, 0.2) is 133 Å². The number of carbonyl (C=O) groups excluding carboxylic acids is 3. The molecule has 2 amide bonds. The number of nitrogens with zero attached hydrogens (tertiary/aromatic N) is 2. The molecule has 5 aromatic carbocycles. The lowest BCUT2D eigenvalue weighted by molar-refractivity contribution is -0.150. The number of likely N-dealkylation sites (N-methyl/N-ethyl adjacent to an activating group) is 2. The Kier molecular flexibility index (Phi) is 11.1. The standard InChI is InChI=1S/C42H39ClN2O5S/c1-44(2)40(47)38(45(3)41(48)49-26-35-33-22-12-10-20-31(33)32-21-11-13-23-34(32)35)27-51-28-39(46)50-42(29-16-6-4-7-17-29,30-18-8-5-9-19-30)36-24-14-15-25-37(36)43/h4-25,35,38H,26-28H2,1-3H3/t38-/m0/s1. The predicted molar refractivity (Wildman–Crippen MR) is 203 cm³/mol. The first-order valence-corrected chi connectivity index (χ1v) is 18.2. The molecule has 1 aliphatic carbocycles. The molecule has 0 saturated heterocycles. The zero-order chi connectivity index (χ0) is 36.0. The van der Waals surface area contributed by atoms with Crippen molar-refractivity contribution in [1.82, 2.24) is 9.80 Å². The maximum atomic E-state index is 13.8. The first-order chi connectivity index (χ1) is 24.7. The minimum Gasteiger partial charge on any atom is -0.448 e. The molecule has 9 heteroatoms. The molecule has 7 nitrogen and oxygen atoms in total. The van der Waals surface area contributed by atoms with Gasteiger partial charge in [-0.1, -0.05) is 139 Å². The van der Waals surface area contributed by atoms with Crippen LogP contribution in [0, 0.1) is 0 Å². The molecule has 0 bridgehead atoms. The molecule has 0 fully saturated rings. The molecular weight excluding hydrogens is 680 g/mol. The van der Waals surface area contributed by atoms with Crippen LogP contribution in [0.1, 0.15) is 33.7 Å². The summed E-state index contributed by atoms with van der Waals surface area (Å²) in [6.45, 7) is 0.128. The van der Waals surface area contributed by atoms with Crippen molar-refractivity contribution in [2.45, 2.75) is 17.6 Å². The monoisotopic (exact) mass is 718 g/mol. The van der Waals surface area contributed by atoms with Crippen LogP contribution >= 0.6 is 23.4 Å². The molecule has 0 spiro atoms. The Balaban J connectivity index is 1.18. The highest BCUT2D eigenvalue weighted by atomic mass is 35.5. The Morgan fingerprint density at radius 2 is 1.24 bits per heavy atom. The maximum Gasteiger partial charge on any atom is 0.410 e. The van der Waals surface area contributed by atoms with Gasteiger partial charge in [0.15, 0.2) is 5.60 Å². The van der Waals surface area contributed by atoms with Crippen LogP contribution in [0.5, 0.6) is 0 Å². The second kappa shape index (κ2) is 15.9. The van der Waals surface area contributed by atoms with E-state index in [9.17, 15) is 14.4 Å². The van der Waals surface area contributed by atoms with Gasteiger partial charge in [0.05, 0.1) is 5.75 Å². The van der Waals surface area contributed by atoms with E-state index in [0.717, 1.165) is 33.4 Å². The highest BCUT2D eigenvalue weighted by Crippen LogP contribution is 2.45. The summed E-state index contributed by atoms with van der Waals surface area (Å²) in [7, 11) is 4.83. The summed E-state index contributed by atoms with van der Waals surface area (Å²) in [5.41, 5.74) is 5.21. The van der Waals surface area contributed by atoms with E-state index in [0.29, 0.717) is 10.6 Å². The van der Waals surface area contributed by atoms with Gasteiger partial charge in [0.2, 0.25) is 5.91 Å². The Morgan fingerprint density at radius 1 is 0.725 bits per heavy atom. The van der Waals surface area contributed by atoms with Gasteiger partial charge < -0.3 is 14.4 Å². The molecule has 0 radical (unpaired) electrons. The van der Waals surface area contributed by atoms with Gasteiger partial charge in [-0.25, -0.2) is 4.79 Å². The van der Waals surface area contributed by atoms with E-state index >= 15 is 0 Å². The highest BCUT2D eigenvalue weighted by Gasteiger charge is 2.42. The fourth-order valence-corrected chi connectivity index (χ4v) is 7.87. The molecule has 0 N–H and O–H groups in total. The number of ether oxygens (including phenoxy) is 2. The van der Waals surface area contributed by atoms with Crippen molar-refractivity contribution < 1.29 is 23.9 Å². The van der Waals surface area contributed by atoms with E-state index in [1.54, 1.807) is 27.2 Å². The van der Waals surface area contributed by atoms with Crippen molar-refractivity contribution in [2.75, 3.05) is 39.3 Å². The zero-order valence-electron chi connectivity index (χ0n) is 28.7. The molecule has 260 valence electrons. The van der Waals surface area contributed by atoms with Gasteiger partial charge in [-0.2, -0.15) is 0 Å². The lowest BCUT2D eigenvalue weighted by Crippen LogP contribution is -2.49. The number of amides is 2. The Labute approximate surface area is 308 Å². The number of hydrogen-bond donors (Lipinski definition) is 0. The van der Waals surface area contributed by atoms with Crippen LogP contribution in [0.25, 0.3) is 11.1 Å². The average molecular weight is 719 g/mol. The Morgan fingerprint density at radius 3 is 1.78 bits per heavy atom. The largest absolute Gasteiger partial charge is 0.448 e. The van der Waals surface area contributed by atoms with E-state index in [1.807, 2.05) is 103 Å². The minimum atomic E-state index is -1.34. The van der Waals surface area contributed by atoms with Crippen molar-refractivity contribution >= 4 is 41.3 Å². The summed E-state index contributed by atoms with van der Waals surface area (Å²) in [5.74, 6) is -0.850. The topological polar surface area (TPSA) is 76.2 Å². The summed E-state index contributed by atoms with van der Waals surface area (Å²) in [4.78, 5) is 43.5. The summed E-state index contributed by atoms with van der Waals surface area (Å²) in [6, 6.07) is 41.7. The second-order valence-corrected chi connectivity index (χ2v) is 14.0. The number of esters is 1. The minimum absolute atomic E-state index is 0.0817. The van der Waals surface area contributed by atoms with Gasteiger partial charge in [-0.3, -0.25) is 14.5 Å². The molecular formula is C42H39ClN2O5S. The molecule has 51 heavy (non-hydrogen) atoms. The Hall–Kier alpha value is -5.05. The summed E-state index contributed by atoms with van der Waals surface area (Å²) >= 11 is 8.01. The van der Waals surface area contributed by atoms with Gasteiger partial charge in [-0.15, -0.1) is 11.8 Å². The van der Waals surface area contributed by atoms with E-state index in [2.05, 4.69) is 24.3 Å². The van der Waals surface area contributed by atoms with Crippen molar-refractivity contribution in [3.8, 4) is 11.1 Å². The molecule has 0 aromatic heterocycles. The fourth-order valence-electron chi connectivity index (χ4n) is 6.67. The van der Waals surface area contributed by atoms with Crippen LogP contribution in [0.3, 0.4) is 0 Å². The molecule has 6 rings (SSSR count). The summed E-state index contributed by atoms with van der Waals surface area (Å²) in [6.07, 6.45) is -0.619. The lowest BCUT2D eigenvalue weighted by Gasteiger charge is -2.36. The maximum absolute atomic E-state index is 13.8. The van der Waals surface area contributed by atoms with Crippen LogP contribution in [-0.2, 0) is 24.7 Å². The molecule has 0 unspecified atom stereocenters. The van der Waals surface area contributed by atoms with E-state index < -0.39 is 23.7 Å². The summed E-state index contributed by atoms with van der Waals surface area (Å²) < 4.78 is 12.3. The van der Waals surface area contributed by atoms with Gasteiger partial charge in [0, 0.05) is 54.5 Å². The van der Waals surface area contributed by atoms with E-state index in [4.69, 9.17) is 21.1 Å². The number of fused-ring (bicyclic) bond motifs is 3. The zero-order valence-corrected chi connectivity index (χ0v) is 30.3. The second-order valence-electron chi connectivity index (χ2n) is 12.5.